The Morgan fingerprint density at radius 1 is 1.19 bits per heavy atom. The van der Waals surface area contributed by atoms with Gasteiger partial charge in [-0.1, -0.05) is 35.9 Å². The topological polar surface area (TPSA) is 55.2 Å². The molecule has 0 amide bonds. The van der Waals surface area contributed by atoms with Gasteiger partial charge in [-0.2, -0.15) is 0 Å². The largest absolute Gasteiger partial charge is 0.375 e. The number of nitro benzene ring substituents is 1. The lowest BCUT2D eigenvalue weighted by atomic mass is 10.1. The van der Waals surface area contributed by atoms with Gasteiger partial charge >= 0.3 is 0 Å². The van der Waals surface area contributed by atoms with Gasteiger partial charge in [0, 0.05) is 23.2 Å². The molecule has 4 nitrogen and oxygen atoms in total. The molecule has 1 N–H and O–H groups in total. The molecule has 21 heavy (non-hydrogen) atoms. The van der Waals surface area contributed by atoms with Crippen molar-refractivity contribution in [1.29, 1.82) is 0 Å². The Balaban J connectivity index is 2.11. The van der Waals surface area contributed by atoms with Crippen LogP contribution >= 0.6 is 11.6 Å². The number of hydrogen-bond acceptors (Lipinski definition) is 3. The summed E-state index contributed by atoms with van der Waals surface area (Å²) >= 11 is 5.72. The van der Waals surface area contributed by atoms with Gasteiger partial charge in [0.1, 0.15) is 5.69 Å². The number of rotatable bonds is 5. The Morgan fingerprint density at radius 2 is 1.86 bits per heavy atom. The van der Waals surface area contributed by atoms with Crippen LogP contribution < -0.4 is 5.32 Å². The average Bonchev–Trinajstić information content (AvgIpc) is 2.46. The van der Waals surface area contributed by atoms with Crippen LogP contribution in [0.3, 0.4) is 0 Å². The second kappa shape index (κ2) is 6.49. The molecule has 0 spiro atoms. The van der Waals surface area contributed by atoms with Gasteiger partial charge in [0.2, 0.25) is 0 Å². The highest BCUT2D eigenvalue weighted by atomic mass is 35.5. The van der Waals surface area contributed by atoms with Crippen molar-refractivity contribution in [3.05, 3.63) is 68.7 Å². The van der Waals surface area contributed by atoms with Crippen LogP contribution in [0.1, 0.15) is 17.6 Å². The minimum absolute atomic E-state index is 0.0591. The first-order valence-corrected chi connectivity index (χ1v) is 6.40. The van der Waals surface area contributed by atoms with Crippen molar-refractivity contribution in [2.24, 2.45) is 0 Å². The first-order chi connectivity index (χ1) is 9.97. The Morgan fingerprint density at radius 3 is 2.43 bits per heavy atom. The molecule has 0 aromatic heterocycles. The molecule has 110 valence electrons. The summed E-state index contributed by atoms with van der Waals surface area (Å²) in [6, 6.07) is 10.1. The Hall–Kier alpha value is -2.21. The van der Waals surface area contributed by atoms with Crippen molar-refractivity contribution in [2.45, 2.75) is 13.0 Å². The fourth-order valence-electron chi connectivity index (χ4n) is 1.78. The van der Waals surface area contributed by atoms with Crippen LogP contribution in [-0.2, 0) is 6.54 Å². The van der Waals surface area contributed by atoms with Gasteiger partial charge in [0.15, 0.2) is 0 Å². The summed E-state index contributed by atoms with van der Waals surface area (Å²) in [6.45, 7) is 0.284. The second-order valence-corrected chi connectivity index (χ2v) is 4.75. The maximum atomic E-state index is 12.4. The molecule has 0 atom stereocenters. The van der Waals surface area contributed by atoms with Gasteiger partial charge in [0.05, 0.1) is 4.92 Å². The van der Waals surface area contributed by atoms with Crippen LogP contribution in [0.5, 0.6) is 0 Å². The summed E-state index contributed by atoms with van der Waals surface area (Å²) in [4.78, 5) is 10.4. The highest BCUT2D eigenvalue weighted by Crippen LogP contribution is 2.28. The molecule has 0 saturated heterocycles. The van der Waals surface area contributed by atoms with Gasteiger partial charge in [-0.05, 0) is 17.7 Å². The van der Waals surface area contributed by atoms with E-state index in [1.807, 2.05) is 0 Å². The van der Waals surface area contributed by atoms with Crippen molar-refractivity contribution in [3.63, 3.8) is 0 Å². The molecule has 0 bridgehead atoms. The van der Waals surface area contributed by atoms with E-state index in [4.69, 9.17) is 11.6 Å². The van der Waals surface area contributed by atoms with Gasteiger partial charge in [0.25, 0.3) is 12.1 Å². The summed E-state index contributed by atoms with van der Waals surface area (Å²) in [6.07, 6.45) is -2.51. The molecule has 7 heteroatoms. The SMILES string of the molecule is O=[N+]([O-])c1cc(Cl)ccc1NCc1ccc(C(F)F)cc1. The van der Waals surface area contributed by atoms with E-state index in [1.165, 1.54) is 30.3 Å². The maximum absolute atomic E-state index is 12.4. The smallest absolute Gasteiger partial charge is 0.293 e. The second-order valence-electron chi connectivity index (χ2n) is 4.31. The molecular weight excluding hydrogens is 302 g/mol. The Kier molecular flexibility index (Phi) is 4.70. The maximum Gasteiger partial charge on any atom is 0.293 e. The summed E-state index contributed by atoms with van der Waals surface area (Å²) in [5.74, 6) is 0. The van der Waals surface area contributed by atoms with Crippen LogP contribution in [0, 0.1) is 10.1 Å². The zero-order valence-electron chi connectivity index (χ0n) is 10.7. The molecule has 0 aliphatic carbocycles. The molecule has 0 saturated carbocycles. The quantitative estimate of drug-likeness (QED) is 0.637. The van der Waals surface area contributed by atoms with Crippen molar-refractivity contribution in [2.75, 3.05) is 5.32 Å². The molecule has 2 aromatic rings. The van der Waals surface area contributed by atoms with Crippen molar-refractivity contribution < 1.29 is 13.7 Å². The third-order valence-electron chi connectivity index (χ3n) is 2.87. The minimum atomic E-state index is -2.51. The molecular formula is C14H11ClF2N2O2. The van der Waals surface area contributed by atoms with Crippen LogP contribution in [0.25, 0.3) is 0 Å². The predicted molar refractivity (Wildman–Crippen MR) is 76.8 cm³/mol. The van der Waals surface area contributed by atoms with Crippen LogP contribution in [-0.4, -0.2) is 4.92 Å². The summed E-state index contributed by atoms with van der Waals surface area (Å²) in [5.41, 5.74) is 0.869. The molecule has 0 fully saturated rings. The molecule has 2 aromatic carbocycles. The zero-order chi connectivity index (χ0) is 15.4. The summed E-state index contributed by atoms with van der Waals surface area (Å²) < 4.78 is 24.9. The van der Waals surface area contributed by atoms with E-state index in [0.717, 1.165) is 5.56 Å². The fraction of sp³-hybridized carbons (Fsp3) is 0.143. The lowest BCUT2D eigenvalue weighted by Gasteiger charge is -2.08. The Bertz CT molecular complexity index is 648. The van der Waals surface area contributed by atoms with E-state index in [1.54, 1.807) is 12.1 Å². The van der Waals surface area contributed by atoms with Crippen molar-refractivity contribution >= 4 is 23.0 Å². The van der Waals surface area contributed by atoms with Gasteiger partial charge in [-0.3, -0.25) is 10.1 Å². The minimum Gasteiger partial charge on any atom is -0.375 e. The number of nitrogens with zero attached hydrogens (tertiary/aromatic N) is 1. The highest BCUT2D eigenvalue weighted by molar-refractivity contribution is 6.30. The van der Waals surface area contributed by atoms with Crippen molar-refractivity contribution in [3.8, 4) is 0 Å². The molecule has 0 radical (unpaired) electrons. The van der Waals surface area contributed by atoms with Gasteiger partial charge in [-0.15, -0.1) is 0 Å². The first-order valence-electron chi connectivity index (χ1n) is 6.02. The third kappa shape index (κ3) is 3.88. The number of anilines is 1. The number of nitrogens with one attached hydrogen (secondary N) is 1. The molecule has 0 aliphatic rings. The average molecular weight is 313 g/mol. The number of nitro groups is 1. The highest BCUT2D eigenvalue weighted by Gasteiger charge is 2.14. The predicted octanol–water partition coefficient (Wildman–Crippen LogP) is 4.80. The normalized spacial score (nSPS) is 10.7. The molecule has 0 heterocycles. The zero-order valence-corrected chi connectivity index (χ0v) is 11.5. The number of halogens is 3. The van der Waals surface area contributed by atoms with E-state index >= 15 is 0 Å². The molecule has 0 unspecified atom stereocenters. The van der Waals surface area contributed by atoms with E-state index < -0.39 is 11.3 Å². The lowest BCUT2D eigenvalue weighted by Crippen LogP contribution is -2.02. The van der Waals surface area contributed by atoms with Gasteiger partial charge < -0.3 is 5.32 Å². The monoisotopic (exact) mass is 312 g/mol. The number of benzene rings is 2. The third-order valence-corrected chi connectivity index (χ3v) is 3.11. The fourth-order valence-corrected chi connectivity index (χ4v) is 1.95. The standard InChI is InChI=1S/C14H11ClF2N2O2/c15-11-5-6-12(13(7-11)19(20)21)18-8-9-1-3-10(4-2-9)14(16)17/h1-7,14,18H,8H2. The molecule has 0 aliphatic heterocycles. The summed E-state index contributed by atoms with van der Waals surface area (Å²) in [5, 5.41) is 14.1. The van der Waals surface area contributed by atoms with Crippen molar-refractivity contribution in [1.82, 2.24) is 0 Å². The lowest BCUT2D eigenvalue weighted by molar-refractivity contribution is -0.383. The van der Waals surface area contributed by atoms with E-state index in [-0.39, 0.29) is 22.8 Å². The van der Waals surface area contributed by atoms with Gasteiger partial charge in [-0.25, -0.2) is 8.78 Å². The summed E-state index contributed by atoms with van der Waals surface area (Å²) in [7, 11) is 0. The van der Waals surface area contributed by atoms with E-state index in [9.17, 15) is 18.9 Å². The van der Waals surface area contributed by atoms with E-state index in [0.29, 0.717) is 5.69 Å². The molecule has 2 rings (SSSR count). The van der Waals surface area contributed by atoms with Crippen LogP contribution in [0.15, 0.2) is 42.5 Å². The van der Waals surface area contributed by atoms with E-state index in [2.05, 4.69) is 5.32 Å². The number of hydrogen-bond donors (Lipinski definition) is 1. The Labute approximate surface area is 124 Å². The van der Waals surface area contributed by atoms with Crippen LogP contribution in [0.2, 0.25) is 5.02 Å². The number of alkyl halides is 2. The van der Waals surface area contributed by atoms with Crippen LogP contribution in [0.4, 0.5) is 20.2 Å². The first kappa shape index (κ1) is 15.2.